The van der Waals surface area contributed by atoms with Crippen LogP contribution in [0.3, 0.4) is 0 Å². The highest BCUT2D eigenvalue weighted by molar-refractivity contribution is 7.19. The van der Waals surface area contributed by atoms with Gasteiger partial charge in [0.05, 0.1) is 0 Å². The van der Waals surface area contributed by atoms with E-state index in [-0.39, 0.29) is 12.5 Å². The Morgan fingerprint density at radius 1 is 1.17 bits per heavy atom. The van der Waals surface area contributed by atoms with Crippen LogP contribution in [0.15, 0.2) is 54.6 Å². The fourth-order valence-corrected chi connectivity index (χ4v) is 3.40. The number of anilines is 1. The Bertz CT molecular complexity index is 825. The van der Waals surface area contributed by atoms with Gasteiger partial charge >= 0.3 is 0 Å². The molecule has 0 unspecified atom stereocenters. The van der Waals surface area contributed by atoms with Gasteiger partial charge in [0.15, 0.2) is 0 Å². The van der Waals surface area contributed by atoms with Gasteiger partial charge in [0.1, 0.15) is 6.10 Å². The topological polar surface area (TPSA) is 78.4 Å². The maximum Gasteiger partial charge on any atom is 0.251 e. The van der Waals surface area contributed by atoms with Crippen LogP contribution in [-0.4, -0.2) is 24.0 Å². The number of hydrogen-bond acceptors (Lipinski definition) is 4. The summed E-state index contributed by atoms with van der Waals surface area (Å²) in [7, 11) is 0. The third-order valence-corrected chi connectivity index (χ3v) is 4.82. The number of rotatable bonds is 6. The molecule has 3 N–H and O–H groups in total. The number of carbonyl (C=O) groups excluding carboxylic acids is 2. The van der Waals surface area contributed by atoms with Gasteiger partial charge in [-0.05, 0) is 41.8 Å². The van der Waals surface area contributed by atoms with Crippen LogP contribution in [0, 0.1) is 0 Å². The number of carbonyl (C=O) groups is 2. The molecule has 1 atom stereocenters. The zero-order valence-electron chi connectivity index (χ0n) is 12.7. The Morgan fingerprint density at radius 3 is 2.62 bits per heavy atom. The summed E-state index contributed by atoms with van der Waals surface area (Å²) in [6.45, 7) is 0.139. The maximum atomic E-state index is 12.1. The van der Waals surface area contributed by atoms with Crippen LogP contribution in [0.2, 0.25) is 0 Å². The predicted octanol–water partition coefficient (Wildman–Crippen LogP) is 2.93. The molecule has 0 fully saturated rings. The van der Waals surface area contributed by atoms with E-state index in [0.29, 0.717) is 17.7 Å². The molecule has 6 heteroatoms. The first kappa shape index (κ1) is 16.2. The van der Waals surface area contributed by atoms with E-state index in [1.54, 1.807) is 24.3 Å². The average Bonchev–Trinajstić information content (AvgIpc) is 3.04. The van der Waals surface area contributed by atoms with Crippen molar-refractivity contribution in [2.45, 2.75) is 6.10 Å². The molecule has 0 saturated carbocycles. The lowest BCUT2D eigenvalue weighted by Crippen LogP contribution is -2.28. The highest BCUT2D eigenvalue weighted by Gasteiger charge is 2.13. The van der Waals surface area contributed by atoms with Gasteiger partial charge in [-0.1, -0.05) is 18.2 Å². The van der Waals surface area contributed by atoms with Gasteiger partial charge in [-0.15, -0.1) is 11.3 Å². The molecule has 1 aromatic heterocycles. The van der Waals surface area contributed by atoms with Crippen LogP contribution in [0.4, 0.5) is 5.69 Å². The van der Waals surface area contributed by atoms with Crippen molar-refractivity contribution in [1.82, 2.24) is 5.32 Å². The van der Waals surface area contributed by atoms with Gasteiger partial charge in [0.2, 0.25) is 6.41 Å². The summed E-state index contributed by atoms with van der Waals surface area (Å²) in [5.74, 6) is -0.271. The van der Waals surface area contributed by atoms with Crippen molar-refractivity contribution >= 4 is 39.4 Å². The number of aliphatic hydroxyl groups excluding tert-OH is 1. The Hall–Kier alpha value is -2.70. The zero-order valence-corrected chi connectivity index (χ0v) is 13.5. The van der Waals surface area contributed by atoms with Gasteiger partial charge < -0.3 is 15.7 Å². The monoisotopic (exact) mass is 340 g/mol. The fourth-order valence-electron chi connectivity index (χ4n) is 2.34. The Balaban J connectivity index is 1.61. The average molecular weight is 340 g/mol. The van der Waals surface area contributed by atoms with Crippen molar-refractivity contribution in [2.24, 2.45) is 0 Å². The lowest BCUT2D eigenvalue weighted by atomic mass is 10.2. The Morgan fingerprint density at radius 2 is 1.92 bits per heavy atom. The van der Waals surface area contributed by atoms with Gasteiger partial charge in [-0.2, -0.15) is 0 Å². The summed E-state index contributed by atoms with van der Waals surface area (Å²) in [4.78, 5) is 23.3. The van der Waals surface area contributed by atoms with Gasteiger partial charge in [0, 0.05) is 27.4 Å². The highest BCUT2D eigenvalue weighted by Crippen LogP contribution is 2.29. The number of aliphatic hydroxyl groups is 1. The van der Waals surface area contributed by atoms with E-state index >= 15 is 0 Å². The van der Waals surface area contributed by atoms with E-state index in [9.17, 15) is 14.7 Å². The molecule has 3 aromatic rings. The molecule has 0 radical (unpaired) electrons. The molecule has 122 valence electrons. The summed E-state index contributed by atoms with van der Waals surface area (Å²) in [6, 6.07) is 16.4. The van der Waals surface area contributed by atoms with Gasteiger partial charge in [-0.25, -0.2) is 0 Å². The normalized spacial score (nSPS) is 11.9. The minimum Gasteiger partial charge on any atom is -0.386 e. The van der Waals surface area contributed by atoms with Crippen molar-refractivity contribution < 1.29 is 14.7 Å². The molecule has 5 nitrogen and oxygen atoms in total. The molecule has 1 heterocycles. The van der Waals surface area contributed by atoms with E-state index in [2.05, 4.69) is 10.6 Å². The second-order valence-electron chi connectivity index (χ2n) is 5.25. The summed E-state index contributed by atoms with van der Waals surface area (Å²) >= 11 is 1.52. The lowest BCUT2D eigenvalue weighted by Gasteiger charge is -2.10. The molecule has 0 saturated heterocycles. The lowest BCUT2D eigenvalue weighted by molar-refractivity contribution is -0.105. The minimum absolute atomic E-state index is 0.139. The van der Waals surface area contributed by atoms with Crippen LogP contribution < -0.4 is 10.6 Å². The van der Waals surface area contributed by atoms with Crippen LogP contribution in [0.5, 0.6) is 0 Å². The molecule has 24 heavy (non-hydrogen) atoms. The zero-order chi connectivity index (χ0) is 16.9. The minimum atomic E-state index is -0.748. The molecule has 0 spiro atoms. The first-order chi connectivity index (χ1) is 11.7. The largest absolute Gasteiger partial charge is 0.386 e. The maximum absolute atomic E-state index is 12.1. The summed E-state index contributed by atoms with van der Waals surface area (Å²) in [5.41, 5.74) is 1.09. The Kier molecular flexibility index (Phi) is 4.88. The molecule has 0 aliphatic heterocycles. The smallest absolute Gasteiger partial charge is 0.251 e. The molecule has 3 rings (SSSR count). The van der Waals surface area contributed by atoms with E-state index in [4.69, 9.17) is 0 Å². The van der Waals surface area contributed by atoms with Crippen molar-refractivity contribution in [1.29, 1.82) is 0 Å². The van der Waals surface area contributed by atoms with Crippen LogP contribution in [-0.2, 0) is 4.79 Å². The molecule has 0 aliphatic carbocycles. The highest BCUT2D eigenvalue weighted by atomic mass is 32.1. The number of fused-ring (bicyclic) bond motifs is 1. The van der Waals surface area contributed by atoms with E-state index < -0.39 is 6.10 Å². The quantitative estimate of drug-likeness (QED) is 0.604. The molecular weight excluding hydrogens is 324 g/mol. The Labute approximate surface area is 142 Å². The first-order valence-electron chi connectivity index (χ1n) is 7.42. The second kappa shape index (κ2) is 7.25. The van der Waals surface area contributed by atoms with Crippen molar-refractivity contribution in [2.75, 3.05) is 11.9 Å². The fraction of sp³-hybridized carbons (Fsp3) is 0.111. The molecule has 2 amide bonds. The van der Waals surface area contributed by atoms with Gasteiger partial charge in [-0.3, -0.25) is 9.59 Å². The van der Waals surface area contributed by atoms with Crippen LogP contribution >= 0.6 is 11.3 Å². The van der Waals surface area contributed by atoms with Gasteiger partial charge in [0.25, 0.3) is 5.91 Å². The predicted molar refractivity (Wildman–Crippen MR) is 95.2 cm³/mol. The van der Waals surface area contributed by atoms with E-state index in [1.165, 1.54) is 11.3 Å². The molecular formula is C18H16N2O3S. The number of nitrogens with one attached hydrogen (secondary N) is 2. The first-order valence-corrected chi connectivity index (χ1v) is 8.24. The molecule has 0 bridgehead atoms. The van der Waals surface area contributed by atoms with E-state index in [1.807, 2.05) is 30.3 Å². The summed E-state index contributed by atoms with van der Waals surface area (Å²) < 4.78 is 1.11. The van der Waals surface area contributed by atoms with Crippen molar-refractivity contribution in [3.05, 3.63) is 65.0 Å². The second-order valence-corrected chi connectivity index (χ2v) is 6.37. The summed E-state index contributed by atoms with van der Waals surface area (Å²) in [5, 5.41) is 16.6. The van der Waals surface area contributed by atoms with E-state index in [0.717, 1.165) is 15.0 Å². The van der Waals surface area contributed by atoms with Crippen molar-refractivity contribution in [3.8, 4) is 0 Å². The van der Waals surface area contributed by atoms with Crippen LogP contribution in [0.25, 0.3) is 10.1 Å². The molecule has 0 aliphatic rings. The van der Waals surface area contributed by atoms with Crippen molar-refractivity contribution in [3.63, 3.8) is 0 Å². The number of benzene rings is 2. The SMILES string of the molecule is O=CNc1ccc(C(=O)NC[C@H](O)c2cc3ccccc3s2)cc1. The number of thiophene rings is 1. The third kappa shape index (κ3) is 3.61. The summed E-state index contributed by atoms with van der Waals surface area (Å²) in [6.07, 6.45) is -0.168. The number of amides is 2. The number of hydrogen-bond donors (Lipinski definition) is 3. The van der Waals surface area contributed by atoms with Crippen LogP contribution in [0.1, 0.15) is 21.3 Å². The molecule has 2 aromatic carbocycles. The third-order valence-electron chi connectivity index (χ3n) is 3.60. The standard InChI is InChI=1S/C18H16N2O3S/c21-11-20-14-7-5-12(6-8-14)18(23)19-10-15(22)17-9-13-3-1-2-4-16(13)24-17/h1-9,11,15,22H,10H2,(H,19,23)(H,20,21)/t15-/m0/s1.